The van der Waals surface area contributed by atoms with Crippen molar-refractivity contribution in [2.24, 2.45) is 0 Å². The third-order valence-electron chi connectivity index (χ3n) is 2.75. The zero-order valence-electron chi connectivity index (χ0n) is 9.17. The van der Waals surface area contributed by atoms with E-state index >= 15 is 0 Å². The summed E-state index contributed by atoms with van der Waals surface area (Å²) in [6.07, 6.45) is -4.33. The molecule has 1 aromatic rings. The van der Waals surface area contributed by atoms with Gasteiger partial charge in [0.2, 0.25) is 0 Å². The third kappa shape index (κ3) is 2.28. The zero-order valence-corrected chi connectivity index (χ0v) is 9.17. The van der Waals surface area contributed by atoms with Crippen molar-refractivity contribution in [3.63, 3.8) is 0 Å². The maximum absolute atomic E-state index is 12.8. The summed E-state index contributed by atoms with van der Waals surface area (Å²) in [6.45, 7) is 1.51. The van der Waals surface area contributed by atoms with Crippen LogP contribution in [0.3, 0.4) is 0 Å². The molecule has 1 atom stereocenters. The number of fused-ring (bicyclic) bond motifs is 1. The lowest BCUT2D eigenvalue weighted by Gasteiger charge is -2.14. The van der Waals surface area contributed by atoms with Crippen LogP contribution < -0.4 is 4.74 Å². The highest BCUT2D eigenvalue weighted by molar-refractivity contribution is 5.77. The molecular weight excluding hydrogens is 233 g/mol. The standard InChI is InChI=1S/C12H11F3O2/c1-7(16)5-8-6-17-10-4-2-3-9(11(8)10)12(13,14)15/h2-4,8H,5-6H2,1H3. The van der Waals surface area contributed by atoms with E-state index in [1.165, 1.54) is 19.1 Å². The lowest BCUT2D eigenvalue weighted by molar-refractivity contribution is -0.138. The van der Waals surface area contributed by atoms with Gasteiger partial charge in [-0.05, 0) is 19.1 Å². The van der Waals surface area contributed by atoms with Crippen LogP contribution in [0, 0.1) is 0 Å². The number of carbonyl (C=O) groups excluding carboxylic acids is 1. The molecule has 17 heavy (non-hydrogen) atoms. The maximum Gasteiger partial charge on any atom is 0.416 e. The van der Waals surface area contributed by atoms with E-state index in [4.69, 9.17) is 4.74 Å². The van der Waals surface area contributed by atoms with Gasteiger partial charge in [0.1, 0.15) is 11.5 Å². The molecule has 0 aliphatic carbocycles. The van der Waals surface area contributed by atoms with Crippen molar-refractivity contribution >= 4 is 5.78 Å². The second-order valence-corrected chi connectivity index (χ2v) is 4.13. The molecule has 0 saturated carbocycles. The molecule has 0 bridgehead atoms. The number of rotatable bonds is 2. The molecule has 1 heterocycles. The van der Waals surface area contributed by atoms with Gasteiger partial charge in [0.15, 0.2) is 0 Å². The summed E-state index contributed by atoms with van der Waals surface area (Å²) in [6, 6.07) is 3.85. The number of ketones is 1. The highest BCUT2D eigenvalue weighted by Crippen LogP contribution is 2.44. The molecule has 1 aliphatic heterocycles. The number of benzene rings is 1. The smallest absolute Gasteiger partial charge is 0.416 e. The summed E-state index contributed by atoms with van der Waals surface area (Å²) in [5.74, 6) is -0.380. The van der Waals surface area contributed by atoms with Gasteiger partial charge >= 0.3 is 6.18 Å². The Bertz CT molecular complexity index is 452. The molecule has 5 heteroatoms. The first-order chi connectivity index (χ1) is 7.89. The third-order valence-corrected chi connectivity index (χ3v) is 2.75. The Morgan fingerprint density at radius 2 is 2.18 bits per heavy atom. The maximum atomic E-state index is 12.8. The first-order valence-corrected chi connectivity index (χ1v) is 5.22. The molecule has 0 amide bonds. The van der Waals surface area contributed by atoms with E-state index < -0.39 is 17.7 Å². The van der Waals surface area contributed by atoms with Gasteiger partial charge in [0.05, 0.1) is 12.2 Å². The number of ether oxygens (including phenoxy) is 1. The van der Waals surface area contributed by atoms with E-state index in [2.05, 4.69) is 0 Å². The van der Waals surface area contributed by atoms with Crippen molar-refractivity contribution < 1.29 is 22.7 Å². The Hall–Kier alpha value is -1.52. The zero-order chi connectivity index (χ0) is 12.6. The molecule has 1 aliphatic rings. The average molecular weight is 244 g/mol. The van der Waals surface area contributed by atoms with E-state index in [0.29, 0.717) is 0 Å². The second-order valence-electron chi connectivity index (χ2n) is 4.13. The molecule has 0 aromatic heterocycles. The summed E-state index contributed by atoms with van der Waals surface area (Å²) in [5, 5.41) is 0. The number of alkyl halides is 3. The summed E-state index contributed by atoms with van der Waals surface area (Å²) >= 11 is 0. The number of hydrogen-bond acceptors (Lipinski definition) is 2. The molecule has 0 N–H and O–H groups in total. The molecule has 0 radical (unpaired) electrons. The van der Waals surface area contributed by atoms with Crippen molar-refractivity contribution in [3.8, 4) is 5.75 Å². The lowest BCUT2D eigenvalue weighted by Crippen LogP contribution is -2.12. The van der Waals surface area contributed by atoms with Crippen LogP contribution in [0.25, 0.3) is 0 Å². The Labute approximate surface area is 96.4 Å². The van der Waals surface area contributed by atoms with E-state index in [1.54, 1.807) is 0 Å². The van der Waals surface area contributed by atoms with Crippen LogP contribution in [0.2, 0.25) is 0 Å². The molecule has 2 rings (SSSR count). The molecular formula is C12H11F3O2. The average Bonchev–Trinajstić information content (AvgIpc) is 2.59. The molecule has 1 unspecified atom stereocenters. The van der Waals surface area contributed by atoms with Gasteiger partial charge in [-0.15, -0.1) is 0 Å². The van der Waals surface area contributed by atoms with Crippen molar-refractivity contribution in [3.05, 3.63) is 29.3 Å². The Morgan fingerprint density at radius 3 is 2.76 bits per heavy atom. The van der Waals surface area contributed by atoms with Crippen LogP contribution in [-0.4, -0.2) is 12.4 Å². The largest absolute Gasteiger partial charge is 0.493 e. The molecule has 2 nitrogen and oxygen atoms in total. The Kier molecular flexibility index (Phi) is 2.85. The van der Waals surface area contributed by atoms with E-state index in [9.17, 15) is 18.0 Å². The van der Waals surface area contributed by atoms with Crippen molar-refractivity contribution in [2.45, 2.75) is 25.4 Å². The normalized spacial score (nSPS) is 18.7. The van der Waals surface area contributed by atoms with E-state index in [0.717, 1.165) is 6.07 Å². The number of halogens is 3. The first-order valence-electron chi connectivity index (χ1n) is 5.22. The van der Waals surface area contributed by atoms with Crippen LogP contribution in [0.4, 0.5) is 13.2 Å². The predicted molar refractivity (Wildman–Crippen MR) is 55.0 cm³/mol. The topological polar surface area (TPSA) is 26.3 Å². The van der Waals surface area contributed by atoms with Crippen LogP contribution in [0.5, 0.6) is 5.75 Å². The van der Waals surface area contributed by atoms with Gasteiger partial charge < -0.3 is 9.53 Å². The monoisotopic (exact) mass is 244 g/mol. The highest BCUT2D eigenvalue weighted by atomic mass is 19.4. The molecule has 0 saturated heterocycles. The molecule has 1 aromatic carbocycles. The molecule has 0 spiro atoms. The second kappa shape index (κ2) is 4.05. The van der Waals surface area contributed by atoms with Gasteiger partial charge in [-0.1, -0.05) is 6.07 Å². The SMILES string of the molecule is CC(=O)CC1COc2cccc(C(F)(F)F)c21. The summed E-state index contributed by atoms with van der Waals surface area (Å²) in [7, 11) is 0. The number of hydrogen-bond donors (Lipinski definition) is 0. The fourth-order valence-corrected chi connectivity index (χ4v) is 2.12. The molecule has 0 fully saturated rings. The van der Waals surface area contributed by atoms with Crippen molar-refractivity contribution in [1.29, 1.82) is 0 Å². The fourth-order valence-electron chi connectivity index (χ4n) is 2.12. The van der Waals surface area contributed by atoms with Crippen LogP contribution in [0.1, 0.15) is 30.4 Å². The fraction of sp³-hybridized carbons (Fsp3) is 0.417. The summed E-state index contributed by atoms with van der Waals surface area (Å²) < 4.78 is 43.6. The van der Waals surface area contributed by atoms with Gasteiger partial charge in [0.25, 0.3) is 0 Å². The van der Waals surface area contributed by atoms with E-state index in [1.807, 2.05) is 0 Å². The first kappa shape index (κ1) is 12.0. The van der Waals surface area contributed by atoms with Crippen LogP contribution >= 0.6 is 0 Å². The minimum atomic E-state index is -4.41. The number of Topliss-reactive ketones (excluding diaryl/α,β-unsaturated/α-hetero) is 1. The quantitative estimate of drug-likeness (QED) is 0.798. The minimum Gasteiger partial charge on any atom is -0.493 e. The van der Waals surface area contributed by atoms with Gasteiger partial charge in [-0.2, -0.15) is 13.2 Å². The Morgan fingerprint density at radius 1 is 1.47 bits per heavy atom. The lowest BCUT2D eigenvalue weighted by atomic mass is 9.91. The predicted octanol–water partition coefficient (Wildman–Crippen LogP) is 3.16. The van der Waals surface area contributed by atoms with Gasteiger partial charge in [-0.3, -0.25) is 0 Å². The van der Waals surface area contributed by atoms with E-state index in [-0.39, 0.29) is 30.1 Å². The minimum absolute atomic E-state index is 0.0834. The van der Waals surface area contributed by atoms with Gasteiger partial charge in [0, 0.05) is 17.9 Å². The summed E-state index contributed by atoms with van der Waals surface area (Å²) in [5.41, 5.74) is -0.575. The van der Waals surface area contributed by atoms with Crippen molar-refractivity contribution in [2.75, 3.05) is 6.61 Å². The van der Waals surface area contributed by atoms with Crippen molar-refractivity contribution in [1.82, 2.24) is 0 Å². The molecule has 92 valence electrons. The van der Waals surface area contributed by atoms with Crippen LogP contribution in [0.15, 0.2) is 18.2 Å². The summed E-state index contributed by atoms with van der Waals surface area (Å²) in [4.78, 5) is 11.0. The van der Waals surface area contributed by atoms with Crippen LogP contribution in [-0.2, 0) is 11.0 Å². The number of carbonyl (C=O) groups is 1. The highest BCUT2D eigenvalue weighted by Gasteiger charge is 2.39. The van der Waals surface area contributed by atoms with Gasteiger partial charge in [-0.25, -0.2) is 0 Å². The Balaban J connectivity index is 2.45.